The Morgan fingerprint density at radius 1 is 1.00 bits per heavy atom. The molecule has 0 atom stereocenters. The zero-order valence-corrected chi connectivity index (χ0v) is 19.4. The number of carbonyl (C=O) groups is 1. The molecule has 2 amide bonds. The van der Waals surface area contributed by atoms with E-state index in [9.17, 15) is 4.79 Å². The summed E-state index contributed by atoms with van der Waals surface area (Å²) in [6, 6.07) is 8.35. The predicted octanol–water partition coefficient (Wildman–Crippen LogP) is 4.51. The van der Waals surface area contributed by atoms with Crippen LogP contribution in [0.3, 0.4) is 0 Å². The van der Waals surface area contributed by atoms with E-state index in [1.165, 1.54) is 11.1 Å². The van der Waals surface area contributed by atoms with Crippen LogP contribution in [-0.4, -0.2) is 52.6 Å². The van der Waals surface area contributed by atoms with Crippen LogP contribution in [0, 0.1) is 13.8 Å². The molecule has 1 N–H and O–H groups in total. The molecule has 1 aromatic carbocycles. The number of aromatic nitrogens is 2. The van der Waals surface area contributed by atoms with Crippen LogP contribution in [0.5, 0.6) is 0 Å². The minimum absolute atomic E-state index is 0.00504. The lowest BCUT2D eigenvalue weighted by molar-refractivity contribution is 0.185. The van der Waals surface area contributed by atoms with Crippen LogP contribution in [0.4, 0.5) is 10.6 Å². The minimum Gasteiger partial charge on any atom is -0.353 e. The largest absolute Gasteiger partial charge is 0.353 e. The van der Waals surface area contributed by atoms with Gasteiger partial charge in [0, 0.05) is 48.5 Å². The number of piperazine rings is 1. The quantitative estimate of drug-likeness (QED) is 0.810. The Morgan fingerprint density at radius 3 is 2.13 bits per heavy atom. The third kappa shape index (κ3) is 5.10. The third-order valence-electron chi connectivity index (χ3n) is 5.35. The number of nitrogens with zero attached hydrogens (tertiary/aromatic N) is 4. The number of hydrogen-bond acceptors (Lipinski definition) is 4. The van der Waals surface area contributed by atoms with E-state index in [2.05, 4.69) is 62.2 Å². The maximum absolute atomic E-state index is 12.5. The van der Waals surface area contributed by atoms with Gasteiger partial charge in [-0.3, -0.25) is 0 Å². The maximum Gasteiger partial charge on any atom is 0.317 e. The van der Waals surface area contributed by atoms with E-state index in [1.54, 1.807) is 0 Å². The summed E-state index contributed by atoms with van der Waals surface area (Å²) in [6.45, 7) is 17.4. The van der Waals surface area contributed by atoms with Gasteiger partial charge in [-0.1, -0.05) is 43.7 Å². The molecule has 0 unspecified atom stereocenters. The summed E-state index contributed by atoms with van der Waals surface area (Å²) in [5.41, 5.74) is 4.24. The van der Waals surface area contributed by atoms with Gasteiger partial charge in [-0.2, -0.15) is 0 Å². The SMILES string of the molecule is Cc1ccc(-c2nc(C)c(C(C)C)c(N3CCN(C(=O)NC(C)(C)C)CC3)n2)cc1. The minimum atomic E-state index is -0.230. The molecule has 0 spiro atoms. The normalized spacial score (nSPS) is 14.9. The topological polar surface area (TPSA) is 61.4 Å². The second-order valence-corrected chi connectivity index (χ2v) is 9.54. The average molecular weight is 410 g/mol. The van der Waals surface area contributed by atoms with E-state index in [1.807, 2.05) is 25.7 Å². The molecule has 3 rings (SSSR count). The molecule has 2 heterocycles. The van der Waals surface area contributed by atoms with Crippen molar-refractivity contribution in [2.45, 2.75) is 59.9 Å². The third-order valence-corrected chi connectivity index (χ3v) is 5.35. The van der Waals surface area contributed by atoms with Crippen LogP contribution in [0.1, 0.15) is 57.4 Å². The standard InChI is InChI=1S/C24H35N5O/c1-16(2)20-18(4)25-21(19-10-8-17(3)9-11-19)26-22(20)28-12-14-29(15-13-28)23(30)27-24(5,6)7/h8-11,16H,12-15H2,1-7H3,(H,27,30). The fraction of sp³-hybridized carbons (Fsp3) is 0.542. The van der Waals surface area contributed by atoms with Gasteiger partial charge in [0.2, 0.25) is 0 Å². The van der Waals surface area contributed by atoms with Crippen molar-refractivity contribution in [3.8, 4) is 11.4 Å². The average Bonchev–Trinajstić information content (AvgIpc) is 2.66. The first-order valence-corrected chi connectivity index (χ1v) is 10.8. The number of nitrogens with one attached hydrogen (secondary N) is 1. The van der Waals surface area contributed by atoms with Crippen LogP contribution >= 0.6 is 0 Å². The first-order valence-electron chi connectivity index (χ1n) is 10.8. The number of rotatable bonds is 3. The van der Waals surface area contributed by atoms with Gasteiger partial charge < -0.3 is 15.1 Å². The second-order valence-electron chi connectivity index (χ2n) is 9.54. The van der Waals surface area contributed by atoms with Crippen molar-refractivity contribution >= 4 is 11.8 Å². The number of hydrogen-bond donors (Lipinski definition) is 1. The lowest BCUT2D eigenvalue weighted by Gasteiger charge is -2.38. The number of urea groups is 1. The van der Waals surface area contributed by atoms with Crippen LogP contribution < -0.4 is 10.2 Å². The highest BCUT2D eigenvalue weighted by atomic mass is 16.2. The fourth-order valence-corrected chi connectivity index (χ4v) is 3.84. The van der Waals surface area contributed by atoms with Gasteiger partial charge in [0.25, 0.3) is 0 Å². The summed E-state index contributed by atoms with van der Waals surface area (Å²) in [5.74, 6) is 2.10. The smallest absolute Gasteiger partial charge is 0.317 e. The zero-order chi connectivity index (χ0) is 22.1. The molecule has 0 aliphatic carbocycles. The maximum atomic E-state index is 12.5. The van der Waals surface area contributed by atoms with Crippen molar-refractivity contribution in [3.63, 3.8) is 0 Å². The van der Waals surface area contributed by atoms with Crippen LogP contribution in [0.15, 0.2) is 24.3 Å². The predicted molar refractivity (Wildman–Crippen MR) is 123 cm³/mol. The second kappa shape index (κ2) is 8.62. The Morgan fingerprint density at radius 2 is 1.60 bits per heavy atom. The van der Waals surface area contributed by atoms with Crippen molar-refractivity contribution in [3.05, 3.63) is 41.1 Å². The van der Waals surface area contributed by atoms with Crippen molar-refractivity contribution in [1.82, 2.24) is 20.2 Å². The van der Waals surface area contributed by atoms with Crippen molar-refractivity contribution < 1.29 is 4.79 Å². The van der Waals surface area contributed by atoms with Gasteiger partial charge in [-0.25, -0.2) is 14.8 Å². The molecule has 1 aliphatic heterocycles. The first kappa shape index (κ1) is 22.1. The van der Waals surface area contributed by atoms with Gasteiger partial charge in [0.15, 0.2) is 5.82 Å². The molecule has 0 bridgehead atoms. The molecule has 1 aliphatic rings. The summed E-state index contributed by atoms with van der Waals surface area (Å²) in [7, 11) is 0. The number of carbonyl (C=O) groups excluding carboxylic acids is 1. The highest BCUT2D eigenvalue weighted by Gasteiger charge is 2.27. The molecule has 2 aromatic rings. The van der Waals surface area contributed by atoms with E-state index in [0.717, 1.165) is 36.0 Å². The molecule has 30 heavy (non-hydrogen) atoms. The van der Waals surface area contributed by atoms with Gasteiger partial charge in [-0.05, 0) is 40.5 Å². The van der Waals surface area contributed by atoms with Gasteiger partial charge in [0.1, 0.15) is 5.82 Å². The van der Waals surface area contributed by atoms with Gasteiger partial charge >= 0.3 is 6.03 Å². The van der Waals surface area contributed by atoms with Crippen LogP contribution in [0.2, 0.25) is 0 Å². The van der Waals surface area contributed by atoms with Crippen LogP contribution in [0.25, 0.3) is 11.4 Å². The molecular weight excluding hydrogens is 374 g/mol. The highest BCUT2D eigenvalue weighted by molar-refractivity contribution is 5.75. The van der Waals surface area contributed by atoms with Gasteiger partial charge in [0.05, 0.1) is 0 Å². The molecule has 6 nitrogen and oxygen atoms in total. The summed E-state index contributed by atoms with van der Waals surface area (Å²) >= 11 is 0. The zero-order valence-electron chi connectivity index (χ0n) is 19.4. The first-order chi connectivity index (χ1) is 14.0. The number of amides is 2. The highest BCUT2D eigenvalue weighted by Crippen LogP contribution is 2.31. The van der Waals surface area contributed by atoms with E-state index < -0.39 is 0 Å². The van der Waals surface area contributed by atoms with E-state index in [4.69, 9.17) is 9.97 Å². The Labute approximate surface area is 180 Å². The van der Waals surface area contributed by atoms with E-state index in [-0.39, 0.29) is 11.6 Å². The lowest BCUT2D eigenvalue weighted by Crippen LogP contribution is -2.55. The molecule has 0 saturated carbocycles. The Kier molecular flexibility index (Phi) is 6.34. The number of aryl methyl sites for hydroxylation is 2. The molecule has 0 radical (unpaired) electrons. The van der Waals surface area contributed by atoms with Gasteiger partial charge in [-0.15, -0.1) is 0 Å². The number of benzene rings is 1. The number of anilines is 1. The Hall–Kier alpha value is -2.63. The Balaban J connectivity index is 1.86. The fourth-order valence-electron chi connectivity index (χ4n) is 3.84. The summed E-state index contributed by atoms with van der Waals surface area (Å²) in [4.78, 5) is 26.6. The summed E-state index contributed by atoms with van der Waals surface area (Å²) in [6.07, 6.45) is 0. The molecule has 6 heteroatoms. The van der Waals surface area contributed by atoms with Crippen LogP contribution in [-0.2, 0) is 0 Å². The molecule has 162 valence electrons. The Bertz CT molecular complexity index is 891. The van der Waals surface area contributed by atoms with E-state index >= 15 is 0 Å². The summed E-state index contributed by atoms with van der Waals surface area (Å²) < 4.78 is 0. The molecular formula is C24H35N5O. The van der Waals surface area contributed by atoms with Crippen molar-refractivity contribution in [2.24, 2.45) is 0 Å². The monoisotopic (exact) mass is 409 g/mol. The van der Waals surface area contributed by atoms with Crippen molar-refractivity contribution in [1.29, 1.82) is 0 Å². The van der Waals surface area contributed by atoms with Crippen molar-refractivity contribution in [2.75, 3.05) is 31.1 Å². The molecule has 1 saturated heterocycles. The summed E-state index contributed by atoms with van der Waals surface area (Å²) in [5, 5.41) is 3.06. The van der Waals surface area contributed by atoms with E-state index in [0.29, 0.717) is 19.0 Å². The molecule has 1 aromatic heterocycles. The lowest BCUT2D eigenvalue weighted by atomic mass is 10.0. The molecule has 1 fully saturated rings.